The largest absolute Gasteiger partial charge is 0.338 e. The van der Waals surface area contributed by atoms with Gasteiger partial charge in [-0.1, -0.05) is 0 Å². The van der Waals surface area contributed by atoms with Crippen LogP contribution in [-0.4, -0.2) is 36.6 Å². The molecule has 0 aromatic carbocycles. The summed E-state index contributed by atoms with van der Waals surface area (Å²) in [5, 5.41) is 2.76. The normalized spacial score (nSPS) is 19.3. The first kappa shape index (κ1) is 9.32. The first-order valence-corrected chi connectivity index (χ1v) is 4.48. The number of hydrogen-bond acceptors (Lipinski definition) is 1. The van der Waals surface area contributed by atoms with Crippen LogP contribution in [0.25, 0.3) is 0 Å². The Morgan fingerprint density at radius 2 is 2.17 bits per heavy atom. The lowest BCUT2D eigenvalue weighted by Gasteiger charge is -2.29. The molecule has 0 bridgehead atoms. The lowest BCUT2D eigenvalue weighted by molar-refractivity contribution is 0.181. The van der Waals surface area contributed by atoms with Crippen LogP contribution in [0, 0.1) is 0 Å². The number of carbonyl (C=O) groups is 1. The molecule has 1 aliphatic rings. The molecule has 4 nitrogen and oxygen atoms in total. The maximum atomic E-state index is 11.3. The van der Waals surface area contributed by atoms with Crippen LogP contribution >= 0.6 is 0 Å². The molecule has 12 heavy (non-hydrogen) atoms. The van der Waals surface area contributed by atoms with Crippen molar-refractivity contribution < 1.29 is 4.79 Å². The minimum Gasteiger partial charge on any atom is -0.338 e. The summed E-state index contributed by atoms with van der Waals surface area (Å²) in [7, 11) is 0. The SMILES string of the molecule is CCNC(=O)N1CCC([NH])CC1. The maximum Gasteiger partial charge on any atom is 0.317 e. The fraction of sp³-hybridized carbons (Fsp3) is 0.875. The van der Waals surface area contributed by atoms with Gasteiger partial charge in [-0.25, -0.2) is 4.79 Å². The molecule has 1 fully saturated rings. The Hall–Kier alpha value is -0.770. The fourth-order valence-electron chi connectivity index (χ4n) is 1.35. The molecule has 0 saturated carbocycles. The van der Waals surface area contributed by atoms with Gasteiger partial charge in [-0.2, -0.15) is 0 Å². The zero-order valence-corrected chi connectivity index (χ0v) is 7.47. The van der Waals surface area contributed by atoms with Gasteiger partial charge in [0.15, 0.2) is 0 Å². The third-order valence-corrected chi connectivity index (χ3v) is 2.11. The monoisotopic (exact) mass is 170 g/mol. The van der Waals surface area contributed by atoms with Gasteiger partial charge in [-0.3, -0.25) is 5.73 Å². The van der Waals surface area contributed by atoms with Crippen LogP contribution in [-0.2, 0) is 0 Å². The summed E-state index contributed by atoms with van der Waals surface area (Å²) in [6, 6.07) is 0.0556. The predicted molar refractivity (Wildman–Crippen MR) is 46.8 cm³/mol. The number of hydrogen-bond donors (Lipinski definition) is 1. The molecule has 1 aliphatic heterocycles. The minimum atomic E-state index is 0.0180. The topological polar surface area (TPSA) is 56.1 Å². The number of rotatable bonds is 1. The maximum absolute atomic E-state index is 11.3. The van der Waals surface area contributed by atoms with E-state index < -0.39 is 0 Å². The van der Waals surface area contributed by atoms with E-state index in [0.29, 0.717) is 6.54 Å². The number of carbonyl (C=O) groups excluding carboxylic acids is 1. The highest BCUT2D eigenvalue weighted by molar-refractivity contribution is 5.74. The Morgan fingerprint density at radius 1 is 1.58 bits per heavy atom. The van der Waals surface area contributed by atoms with E-state index in [1.165, 1.54) is 0 Å². The molecule has 0 aliphatic carbocycles. The third kappa shape index (κ3) is 2.37. The molecular weight excluding hydrogens is 154 g/mol. The molecule has 0 aromatic rings. The van der Waals surface area contributed by atoms with E-state index in [9.17, 15) is 4.79 Å². The number of likely N-dealkylation sites (tertiary alicyclic amines) is 1. The molecule has 0 atom stereocenters. The van der Waals surface area contributed by atoms with Gasteiger partial charge in [-0.05, 0) is 19.8 Å². The van der Waals surface area contributed by atoms with Crippen molar-refractivity contribution in [3.8, 4) is 0 Å². The van der Waals surface area contributed by atoms with Crippen molar-refractivity contribution in [2.75, 3.05) is 19.6 Å². The smallest absolute Gasteiger partial charge is 0.317 e. The molecule has 1 saturated heterocycles. The zero-order valence-electron chi connectivity index (χ0n) is 7.47. The van der Waals surface area contributed by atoms with Gasteiger partial charge in [0, 0.05) is 25.7 Å². The van der Waals surface area contributed by atoms with E-state index in [1.54, 1.807) is 4.90 Å². The number of piperidine rings is 1. The molecule has 0 unspecified atom stereocenters. The van der Waals surface area contributed by atoms with E-state index in [4.69, 9.17) is 5.73 Å². The zero-order chi connectivity index (χ0) is 8.97. The molecule has 69 valence electrons. The molecule has 0 spiro atoms. The fourth-order valence-corrected chi connectivity index (χ4v) is 1.35. The van der Waals surface area contributed by atoms with Crippen LogP contribution in [0.2, 0.25) is 0 Å². The molecule has 2 N–H and O–H groups in total. The van der Waals surface area contributed by atoms with Crippen LogP contribution in [0.3, 0.4) is 0 Å². The number of nitrogens with zero attached hydrogens (tertiary/aromatic N) is 1. The predicted octanol–water partition coefficient (Wildman–Crippen LogP) is 0.463. The van der Waals surface area contributed by atoms with Crippen molar-refractivity contribution in [2.45, 2.75) is 25.8 Å². The molecule has 1 rings (SSSR count). The molecule has 1 heterocycles. The highest BCUT2D eigenvalue weighted by atomic mass is 16.2. The van der Waals surface area contributed by atoms with Gasteiger partial charge >= 0.3 is 6.03 Å². The van der Waals surface area contributed by atoms with E-state index in [1.807, 2.05) is 6.92 Å². The number of urea groups is 1. The third-order valence-electron chi connectivity index (χ3n) is 2.11. The summed E-state index contributed by atoms with van der Waals surface area (Å²) < 4.78 is 0. The van der Waals surface area contributed by atoms with Gasteiger partial charge in [0.25, 0.3) is 0 Å². The second kappa shape index (κ2) is 4.30. The average molecular weight is 170 g/mol. The Morgan fingerprint density at radius 3 is 2.67 bits per heavy atom. The number of nitrogens with one attached hydrogen (secondary N) is 2. The van der Waals surface area contributed by atoms with Gasteiger partial charge in [0.05, 0.1) is 0 Å². The molecule has 1 radical (unpaired) electrons. The number of amides is 2. The molecule has 0 aromatic heterocycles. The van der Waals surface area contributed by atoms with Crippen molar-refractivity contribution in [3.63, 3.8) is 0 Å². The van der Waals surface area contributed by atoms with Crippen LogP contribution in [0.15, 0.2) is 0 Å². The van der Waals surface area contributed by atoms with Gasteiger partial charge in [0.1, 0.15) is 0 Å². The van der Waals surface area contributed by atoms with Crippen LogP contribution < -0.4 is 11.1 Å². The highest BCUT2D eigenvalue weighted by Gasteiger charge is 2.19. The quantitative estimate of drug-likeness (QED) is 0.610. The summed E-state index contributed by atoms with van der Waals surface area (Å²) in [6.45, 7) is 4.06. The summed E-state index contributed by atoms with van der Waals surface area (Å²) >= 11 is 0. The Kier molecular flexibility index (Phi) is 3.34. The summed E-state index contributed by atoms with van der Waals surface area (Å²) in [5.74, 6) is 0. The Balaban J connectivity index is 2.29. The Bertz CT molecular complexity index is 152. The van der Waals surface area contributed by atoms with E-state index in [-0.39, 0.29) is 12.1 Å². The minimum absolute atomic E-state index is 0.0180. The van der Waals surface area contributed by atoms with Crippen LogP contribution in [0.1, 0.15) is 19.8 Å². The second-order valence-corrected chi connectivity index (χ2v) is 3.10. The summed E-state index contributed by atoms with van der Waals surface area (Å²) in [4.78, 5) is 13.0. The lowest BCUT2D eigenvalue weighted by atomic mass is 10.1. The standard InChI is InChI=1S/C8H16N3O/c1-2-10-8(12)11-5-3-7(9)4-6-11/h7,9H,2-6H2,1H3,(H,10,12). The summed E-state index contributed by atoms with van der Waals surface area (Å²) in [5.41, 5.74) is 7.45. The van der Waals surface area contributed by atoms with E-state index in [2.05, 4.69) is 5.32 Å². The van der Waals surface area contributed by atoms with Crippen molar-refractivity contribution in [1.29, 1.82) is 0 Å². The van der Waals surface area contributed by atoms with E-state index in [0.717, 1.165) is 25.9 Å². The second-order valence-electron chi connectivity index (χ2n) is 3.10. The van der Waals surface area contributed by atoms with Crippen molar-refractivity contribution in [1.82, 2.24) is 16.0 Å². The molecule has 4 heteroatoms. The van der Waals surface area contributed by atoms with Crippen molar-refractivity contribution in [2.24, 2.45) is 0 Å². The first-order valence-electron chi connectivity index (χ1n) is 4.48. The van der Waals surface area contributed by atoms with Crippen LogP contribution in [0.5, 0.6) is 0 Å². The van der Waals surface area contributed by atoms with Gasteiger partial charge in [-0.15, -0.1) is 0 Å². The molecular formula is C8H16N3O. The Labute approximate surface area is 73.1 Å². The highest BCUT2D eigenvalue weighted by Crippen LogP contribution is 2.08. The molecule has 2 amide bonds. The van der Waals surface area contributed by atoms with Gasteiger partial charge in [0.2, 0.25) is 0 Å². The summed E-state index contributed by atoms with van der Waals surface area (Å²) in [6.07, 6.45) is 1.63. The lowest BCUT2D eigenvalue weighted by Crippen LogP contribution is -2.45. The first-order chi connectivity index (χ1) is 5.74. The van der Waals surface area contributed by atoms with Crippen LogP contribution in [0.4, 0.5) is 4.79 Å². The average Bonchev–Trinajstić information content (AvgIpc) is 2.06. The van der Waals surface area contributed by atoms with Crippen molar-refractivity contribution in [3.05, 3.63) is 0 Å². The van der Waals surface area contributed by atoms with Crippen molar-refractivity contribution >= 4 is 6.03 Å². The van der Waals surface area contributed by atoms with Gasteiger partial charge < -0.3 is 10.2 Å². The van der Waals surface area contributed by atoms with E-state index >= 15 is 0 Å².